The Hall–Kier alpha value is -3.15. The molecule has 3 N–H and O–H groups in total. The molecule has 2 aromatic rings. The Bertz CT molecular complexity index is 1140. The molecular formula is C32H43N3O3. The minimum absolute atomic E-state index is 0.116. The standard InChI is InChI=1S/C32H43N3O3/c1-4-5-14-26(30(33)36)27(19-21(2)3)31(37)34-29-25-17-9-8-15-23(25)24-16-10-11-18-28(24)35(32(29)38)20-22-12-6-7-13-22/h8-11,15-18,21-22,26-27,29H,4-7,12-14,19-20H2,1-3H3,(H2,33,36)(H,34,37)/t26-,27+,29?/m0/s1. The number of carbonyl (C=O) groups excluding carboxylic acids is 3. The van der Waals surface area contributed by atoms with E-state index in [2.05, 4.69) is 18.3 Å². The first-order chi connectivity index (χ1) is 18.3. The normalized spacial score (nSPS) is 19.0. The number of rotatable bonds is 11. The van der Waals surface area contributed by atoms with E-state index in [1.807, 2.05) is 61.2 Å². The number of para-hydroxylation sites is 1. The maximum atomic E-state index is 14.3. The highest BCUT2D eigenvalue weighted by Gasteiger charge is 2.39. The van der Waals surface area contributed by atoms with E-state index in [9.17, 15) is 14.4 Å². The van der Waals surface area contributed by atoms with E-state index in [-0.39, 0.29) is 17.7 Å². The van der Waals surface area contributed by atoms with Gasteiger partial charge in [-0.15, -0.1) is 0 Å². The monoisotopic (exact) mass is 517 g/mol. The molecule has 3 amide bonds. The SMILES string of the molecule is CCCC[C@H](C(N)=O)[C@@H](CC(C)C)C(=O)NC1C(=O)N(CC2CCCC2)c2ccccc2-c2ccccc21. The number of nitrogens with zero attached hydrogens (tertiary/aromatic N) is 1. The summed E-state index contributed by atoms with van der Waals surface area (Å²) in [6, 6.07) is 15.1. The lowest BCUT2D eigenvalue weighted by molar-refractivity contribution is -0.136. The van der Waals surface area contributed by atoms with Crippen LogP contribution in [0.5, 0.6) is 0 Å². The second-order valence-electron chi connectivity index (χ2n) is 11.5. The molecule has 1 aliphatic heterocycles. The zero-order valence-electron chi connectivity index (χ0n) is 23.1. The molecule has 6 heteroatoms. The van der Waals surface area contributed by atoms with Gasteiger partial charge in [0.15, 0.2) is 0 Å². The first-order valence-electron chi connectivity index (χ1n) is 14.4. The number of hydrogen-bond acceptors (Lipinski definition) is 3. The Balaban J connectivity index is 1.73. The first kappa shape index (κ1) is 27.9. The quantitative estimate of drug-likeness (QED) is 0.383. The third-order valence-corrected chi connectivity index (χ3v) is 8.25. The van der Waals surface area contributed by atoms with Gasteiger partial charge in [0.25, 0.3) is 5.91 Å². The predicted octanol–water partition coefficient (Wildman–Crippen LogP) is 6.00. The number of primary amides is 1. The number of benzene rings is 2. The molecule has 2 aromatic carbocycles. The lowest BCUT2D eigenvalue weighted by Gasteiger charge is -2.31. The summed E-state index contributed by atoms with van der Waals surface area (Å²) in [6.45, 7) is 6.80. The highest BCUT2D eigenvalue weighted by Crippen LogP contribution is 2.41. The summed E-state index contributed by atoms with van der Waals surface area (Å²) in [6.07, 6.45) is 7.47. The van der Waals surface area contributed by atoms with Gasteiger partial charge in [0.1, 0.15) is 6.04 Å². The molecule has 1 aliphatic carbocycles. The molecule has 1 fully saturated rings. The van der Waals surface area contributed by atoms with E-state index in [1.165, 1.54) is 12.8 Å². The van der Waals surface area contributed by atoms with E-state index >= 15 is 0 Å². The summed E-state index contributed by atoms with van der Waals surface area (Å²) in [5, 5.41) is 3.13. The van der Waals surface area contributed by atoms with Crippen LogP contribution in [0.3, 0.4) is 0 Å². The van der Waals surface area contributed by atoms with Crippen LogP contribution in [0.4, 0.5) is 5.69 Å². The molecule has 0 aromatic heterocycles. The maximum absolute atomic E-state index is 14.3. The zero-order valence-corrected chi connectivity index (χ0v) is 23.1. The fraction of sp³-hybridized carbons (Fsp3) is 0.531. The van der Waals surface area contributed by atoms with Crippen LogP contribution in [0.25, 0.3) is 11.1 Å². The minimum Gasteiger partial charge on any atom is -0.369 e. The van der Waals surface area contributed by atoms with Crippen molar-refractivity contribution in [1.82, 2.24) is 5.32 Å². The van der Waals surface area contributed by atoms with Gasteiger partial charge in [0.05, 0.1) is 5.69 Å². The van der Waals surface area contributed by atoms with Crippen LogP contribution >= 0.6 is 0 Å². The molecule has 3 atom stereocenters. The molecule has 1 unspecified atom stereocenters. The van der Waals surface area contributed by atoms with Crippen LogP contribution in [0.2, 0.25) is 0 Å². The van der Waals surface area contributed by atoms with Gasteiger partial charge in [-0.25, -0.2) is 0 Å². The molecule has 0 saturated heterocycles. The van der Waals surface area contributed by atoms with Crippen molar-refractivity contribution in [3.05, 3.63) is 54.1 Å². The van der Waals surface area contributed by atoms with E-state index in [0.29, 0.717) is 25.3 Å². The topological polar surface area (TPSA) is 92.5 Å². The Labute approximate surface area is 227 Å². The number of nitrogens with one attached hydrogen (secondary N) is 1. The van der Waals surface area contributed by atoms with E-state index in [4.69, 9.17) is 5.73 Å². The number of anilines is 1. The Morgan fingerprint density at radius 1 is 1.00 bits per heavy atom. The van der Waals surface area contributed by atoms with Gasteiger partial charge in [-0.05, 0) is 54.7 Å². The molecule has 0 radical (unpaired) electrons. The average molecular weight is 518 g/mol. The van der Waals surface area contributed by atoms with Gasteiger partial charge in [0.2, 0.25) is 11.8 Å². The number of unbranched alkanes of at least 4 members (excludes halogenated alkanes) is 1. The summed E-state index contributed by atoms with van der Waals surface area (Å²) in [4.78, 5) is 42.7. The Kier molecular flexibility index (Phi) is 9.24. The fourth-order valence-corrected chi connectivity index (χ4v) is 6.29. The number of amides is 3. The lowest BCUT2D eigenvalue weighted by atomic mass is 9.81. The fourth-order valence-electron chi connectivity index (χ4n) is 6.29. The van der Waals surface area contributed by atoms with Gasteiger partial charge in [-0.2, -0.15) is 0 Å². The predicted molar refractivity (Wildman–Crippen MR) is 152 cm³/mol. The zero-order chi connectivity index (χ0) is 27.2. The smallest absolute Gasteiger partial charge is 0.254 e. The van der Waals surface area contributed by atoms with Gasteiger partial charge < -0.3 is 16.0 Å². The van der Waals surface area contributed by atoms with Gasteiger partial charge >= 0.3 is 0 Å². The van der Waals surface area contributed by atoms with Gasteiger partial charge in [0, 0.05) is 23.9 Å². The molecule has 0 bridgehead atoms. The molecule has 204 valence electrons. The molecule has 6 nitrogen and oxygen atoms in total. The van der Waals surface area contributed by atoms with Crippen molar-refractivity contribution in [2.75, 3.05) is 11.4 Å². The van der Waals surface area contributed by atoms with Gasteiger partial charge in [-0.1, -0.05) is 88.9 Å². The first-order valence-corrected chi connectivity index (χ1v) is 14.4. The van der Waals surface area contributed by atoms with Crippen LogP contribution < -0.4 is 16.0 Å². The van der Waals surface area contributed by atoms with Crippen molar-refractivity contribution < 1.29 is 14.4 Å². The molecular weight excluding hydrogens is 474 g/mol. The highest BCUT2D eigenvalue weighted by atomic mass is 16.2. The van der Waals surface area contributed by atoms with Crippen LogP contribution in [0, 0.1) is 23.7 Å². The van der Waals surface area contributed by atoms with Crippen molar-refractivity contribution in [2.24, 2.45) is 29.4 Å². The minimum atomic E-state index is -0.832. The molecule has 0 spiro atoms. The summed E-state index contributed by atoms with van der Waals surface area (Å²) < 4.78 is 0. The van der Waals surface area contributed by atoms with Crippen molar-refractivity contribution in [2.45, 2.75) is 78.2 Å². The molecule has 2 aliphatic rings. The summed E-state index contributed by atoms with van der Waals surface area (Å²) in [5.74, 6) is -1.30. The maximum Gasteiger partial charge on any atom is 0.254 e. The number of fused-ring (bicyclic) bond motifs is 3. The molecule has 1 saturated carbocycles. The number of nitrogens with two attached hydrogens (primary N) is 1. The second kappa shape index (κ2) is 12.6. The average Bonchev–Trinajstić information content (AvgIpc) is 3.39. The van der Waals surface area contributed by atoms with Crippen molar-refractivity contribution in [3.8, 4) is 11.1 Å². The Morgan fingerprint density at radius 2 is 1.66 bits per heavy atom. The van der Waals surface area contributed by atoms with E-state index in [1.54, 1.807) is 0 Å². The Morgan fingerprint density at radius 3 is 2.32 bits per heavy atom. The third kappa shape index (κ3) is 6.11. The number of hydrogen-bond donors (Lipinski definition) is 2. The van der Waals surface area contributed by atoms with Crippen LogP contribution in [0.1, 0.15) is 83.7 Å². The summed E-state index contributed by atoms with van der Waals surface area (Å²) in [5.41, 5.74) is 9.47. The second-order valence-corrected chi connectivity index (χ2v) is 11.5. The van der Waals surface area contributed by atoms with Crippen LogP contribution in [0.15, 0.2) is 48.5 Å². The van der Waals surface area contributed by atoms with Crippen LogP contribution in [-0.4, -0.2) is 24.3 Å². The molecule has 1 heterocycles. The van der Waals surface area contributed by atoms with E-state index in [0.717, 1.165) is 48.1 Å². The molecule has 38 heavy (non-hydrogen) atoms. The third-order valence-electron chi connectivity index (χ3n) is 8.25. The van der Waals surface area contributed by atoms with E-state index < -0.39 is 23.8 Å². The summed E-state index contributed by atoms with van der Waals surface area (Å²) >= 11 is 0. The number of carbonyl (C=O) groups is 3. The van der Waals surface area contributed by atoms with Crippen molar-refractivity contribution in [1.29, 1.82) is 0 Å². The lowest BCUT2D eigenvalue weighted by Crippen LogP contribution is -2.48. The van der Waals surface area contributed by atoms with Gasteiger partial charge in [-0.3, -0.25) is 14.4 Å². The summed E-state index contributed by atoms with van der Waals surface area (Å²) in [7, 11) is 0. The van der Waals surface area contributed by atoms with Crippen LogP contribution in [-0.2, 0) is 14.4 Å². The largest absolute Gasteiger partial charge is 0.369 e. The van der Waals surface area contributed by atoms with Crippen molar-refractivity contribution >= 4 is 23.4 Å². The highest BCUT2D eigenvalue weighted by molar-refractivity contribution is 6.06. The van der Waals surface area contributed by atoms with Crippen molar-refractivity contribution in [3.63, 3.8) is 0 Å². The molecule has 4 rings (SSSR count).